The standard InChI is InChI=1S/C14H21NO/c1-5-11(2)10-13(15-3)12-8-6-7-9-14(12)16-4/h6-9,13,15H,2,5,10H2,1,3-4H3. The van der Waals surface area contributed by atoms with Crippen molar-refractivity contribution in [1.82, 2.24) is 5.32 Å². The number of hydrogen-bond acceptors (Lipinski definition) is 2. The zero-order valence-corrected chi connectivity index (χ0v) is 10.4. The summed E-state index contributed by atoms with van der Waals surface area (Å²) in [7, 11) is 3.68. The Bertz CT molecular complexity index is 346. The molecule has 1 aromatic rings. The van der Waals surface area contributed by atoms with E-state index in [0.29, 0.717) is 0 Å². The van der Waals surface area contributed by atoms with Gasteiger partial charge in [-0.1, -0.05) is 37.3 Å². The van der Waals surface area contributed by atoms with Crippen LogP contribution in [0.1, 0.15) is 31.4 Å². The average molecular weight is 219 g/mol. The van der Waals surface area contributed by atoms with Crippen LogP contribution in [0.3, 0.4) is 0 Å². The van der Waals surface area contributed by atoms with Gasteiger partial charge in [0.05, 0.1) is 7.11 Å². The molecule has 0 aliphatic rings. The molecule has 16 heavy (non-hydrogen) atoms. The summed E-state index contributed by atoms with van der Waals surface area (Å²) in [4.78, 5) is 0. The molecule has 0 heterocycles. The fourth-order valence-corrected chi connectivity index (χ4v) is 1.75. The molecule has 0 aliphatic carbocycles. The van der Waals surface area contributed by atoms with E-state index >= 15 is 0 Å². The van der Waals surface area contributed by atoms with Crippen LogP contribution in [0.2, 0.25) is 0 Å². The Hall–Kier alpha value is -1.28. The summed E-state index contributed by atoms with van der Waals surface area (Å²) in [5.41, 5.74) is 2.45. The molecule has 0 bridgehead atoms. The van der Waals surface area contributed by atoms with Crippen LogP contribution >= 0.6 is 0 Å². The summed E-state index contributed by atoms with van der Waals surface area (Å²) < 4.78 is 5.37. The van der Waals surface area contributed by atoms with Gasteiger partial charge in [0.2, 0.25) is 0 Å². The lowest BCUT2D eigenvalue weighted by atomic mass is 9.98. The van der Waals surface area contributed by atoms with E-state index in [-0.39, 0.29) is 6.04 Å². The van der Waals surface area contributed by atoms with Gasteiger partial charge in [0, 0.05) is 11.6 Å². The fourth-order valence-electron chi connectivity index (χ4n) is 1.75. The Morgan fingerprint density at radius 2 is 2.12 bits per heavy atom. The molecule has 0 saturated heterocycles. The monoisotopic (exact) mass is 219 g/mol. The van der Waals surface area contributed by atoms with Crippen molar-refractivity contribution in [2.24, 2.45) is 0 Å². The Balaban J connectivity index is 2.89. The highest BCUT2D eigenvalue weighted by Gasteiger charge is 2.14. The number of nitrogens with one attached hydrogen (secondary N) is 1. The van der Waals surface area contributed by atoms with E-state index in [1.165, 1.54) is 11.1 Å². The Morgan fingerprint density at radius 1 is 1.44 bits per heavy atom. The van der Waals surface area contributed by atoms with Gasteiger partial charge in [-0.3, -0.25) is 0 Å². The van der Waals surface area contributed by atoms with E-state index in [9.17, 15) is 0 Å². The third-order valence-corrected chi connectivity index (χ3v) is 2.86. The van der Waals surface area contributed by atoms with Gasteiger partial charge in [-0.15, -0.1) is 0 Å². The van der Waals surface area contributed by atoms with Gasteiger partial charge >= 0.3 is 0 Å². The molecule has 0 saturated carbocycles. The van der Waals surface area contributed by atoms with Gasteiger partial charge in [-0.2, -0.15) is 0 Å². The van der Waals surface area contributed by atoms with Crippen molar-refractivity contribution in [3.05, 3.63) is 42.0 Å². The number of benzene rings is 1. The number of methoxy groups -OCH3 is 1. The van der Waals surface area contributed by atoms with Crippen LogP contribution in [0.5, 0.6) is 5.75 Å². The molecule has 1 atom stereocenters. The van der Waals surface area contributed by atoms with Crippen molar-refractivity contribution in [3.8, 4) is 5.75 Å². The quantitative estimate of drug-likeness (QED) is 0.741. The third-order valence-electron chi connectivity index (χ3n) is 2.86. The van der Waals surface area contributed by atoms with Crippen LogP contribution in [0.15, 0.2) is 36.4 Å². The lowest BCUT2D eigenvalue weighted by Crippen LogP contribution is -2.17. The molecule has 0 spiro atoms. The predicted molar refractivity (Wildman–Crippen MR) is 68.8 cm³/mol. The van der Waals surface area contributed by atoms with E-state index < -0.39 is 0 Å². The van der Waals surface area contributed by atoms with Crippen molar-refractivity contribution in [1.29, 1.82) is 0 Å². The van der Waals surface area contributed by atoms with Gasteiger partial charge in [0.25, 0.3) is 0 Å². The maximum atomic E-state index is 5.37. The Kier molecular flexibility index (Phi) is 5.06. The molecule has 1 N–H and O–H groups in total. The second-order valence-electron chi connectivity index (χ2n) is 3.89. The first-order chi connectivity index (χ1) is 7.72. The normalized spacial score (nSPS) is 12.2. The van der Waals surface area contributed by atoms with Crippen molar-refractivity contribution in [2.45, 2.75) is 25.8 Å². The highest BCUT2D eigenvalue weighted by Crippen LogP contribution is 2.29. The minimum atomic E-state index is 0.281. The topological polar surface area (TPSA) is 21.3 Å². The average Bonchev–Trinajstić information content (AvgIpc) is 2.35. The summed E-state index contributed by atoms with van der Waals surface area (Å²) in [6, 6.07) is 8.40. The maximum absolute atomic E-state index is 5.37. The number of ether oxygens (including phenoxy) is 1. The van der Waals surface area contributed by atoms with Gasteiger partial charge < -0.3 is 10.1 Å². The molecule has 1 rings (SSSR count). The minimum Gasteiger partial charge on any atom is -0.496 e. The third kappa shape index (κ3) is 3.11. The summed E-state index contributed by atoms with van der Waals surface area (Å²) in [5.74, 6) is 0.936. The van der Waals surface area contributed by atoms with Gasteiger partial charge in [0.15, 0.2) is 0 Å². The van der Waals surface area contributed by atoms with E-state index in [1.54, 1.807) is 7.11 Å². The molecule has 1 aromatic carbocycles. The summed E-state index contributed by atoms with van der Waals surface area (Å²) in [6.07, 6.45) is 1.97. The minimum absolute atomic E-state index is 0.281. The van der Waals surface area contributed by atoms with Crippen LogP contribution in [-0.2, 0) is 0 Å². The second kappa shape index (κ2) is 6.33. The van der Waals surface area contributed by atoms with Crippen molar-refractivity contribution in [2.75, 3.05) is 14.2 Å². The number of para-hydroxylation sites is 1. The molecule has 2 nitrogen and oxygen atoms in total. The predicted octanol–water partition coefficient (Wildman–Crippen LogP) is 3.31. The molecule has 0 amide bonds. The summed E-state index contributed by atoms with van der Waals surface area (Å²) >= 11 is 0. The largest absolute Gasteiger partial charge is 0.496 e. The molecule has 0 radical (unpaired) electrons. The number of hydrogen-bond donors (Lipinski definition) is 1. The Morgan fingerprint density at radius 3 is 2.69 bits per heavy atom. The lowest BCUT2D eigenvalue weighted by molar-refractivity contribution is 0.401. The first-order valence-corrected chi connectivity index (χ1v) is 5.69. The molecule has 0 fully saturated rings. The van der Waals surface area contributed by atoms with Crippen LogP contribution in [-0.4, -0.2) is 14.2 Å². The summed E-state index contributed by atoms with van der Waals surface area (Å²) in [6.45, 7) is 6.20. The molecule has 0 aliphatic heterocycles. The highest BCUT2D eigenvalue weighted by atomic mass is 16.5. The van der Waals surface area contributed by atoms with Crippen LogP contribution in [0, 0.1) is 0 Å². The molecule has 1 unspecified atom stereocenters. The van der Waals surface area contributed by atoms with Crippen LogP contribution < -0.4 is 10.1 Å². The van der Waals surface area contributed by atoms with E-state index in [1.807, 2.05) is 25.2 Å². The smallest absolute Gasteiger partial charge is 0.123 e. The van der Waals surface area contributed by atoms with Crippen molar-refractivity contribution < 1.29 is 4.74 Å². The fraction of sp³-hybridized carbons (Fsp3) is 0.429. The van der Waals surface area contributed by atoms with Gasteiger partial charge in [-0.05, 0) is 26.0 Å². The van der Waals surface area contributed by atoms with Gasteiger partial charge in [-0.25, -0.2) is 0 Å². The van der Waals surface area contributed by atoms with E-state index in [4.69, 9.17) is 4.74 Å². The second-order valence-corrected chi connectivity index (χ2v) is 3.89. The highest BCUT2D eigenvalue weighted by molar-refractivity contribution is 5.36. The zero-order chi connectivity index (χ0) is 12.0. The molecule has 0 aromatic heterocycles. The van der Waals surface area contributed by atoms with Gasteiger partial charge in [0.1, 0.15) is 5.75 Å². The lowest BCUT2D eigenvalue weighted by Gasteiger charge is -2.20. The number of rotatable bonds is 6. The molecular weight excluding hydrogens is 198 g/mol. The Labute approximate surface area is 98.3 Å². The maximum Gasteiger partial charge on any atom is 0.123 e. The van der Waals surface area contributed by atoms with E-state index in [2.05, 4.69) is 24.9 Å². The SMILES string of the molecule is C=C(CC)CC(NC)c1ccccc1OC. The molecule has 88 valence electrons. The summed E-state index contributed by atoms with van der Waals surface area (Å²) in [5, 5.41) is 3.32. The van der Waals surface area contributed by atoms with Crippen LogP contribution in [0.4, 0.5) is 0 Å². The first kappa shape index (κ1) is 12.8. The van der Waals surface area contributed by atoms with Crippen molar-refractivity contribution >= 4 is 0 Å². The van der Waals surface area contributed by atoms with E-state index in [0.717, 1.165) is 18.6 Å². The van der Waals surface area contributed by atoms with Crippen LogP contribution in [0.25, 0.3) is 0 Å². The van der Waals surface area contributed by atoms with Crippen molar-refractivity contribution in [3.63, 3.8) is 0 Å². The molecular formula is C14H21NO. The first-order valence-electron chi connectivity index (χ1n) is 5.69. The zero-order valence-electron chi connectivity index (χ0n) is 10.4. The molecule has 2 heteroatoms.